The number of halogens is 1. The molecular formula is C27H28FN5O4. The number of aromatic nitrogens is 1. The van der Waals surface area contributed by atoms with Crippen molar-refractivity contribution < 1.29 is 23.5 Å². The van der Waals surface area contributed by atoms with E-state index in [9.17, 15) is 14.4 Å². The number of benzene rings is 2. The molecule has 2 N–H and O–H groups in total. The largest absolute Gasteiger partial charge is 0.442 e. The van der Waals surface area contributed by atoms with Gasteiger partial charge in [0.2, 0.25) is 11.8 Å². The summed E-state index contributed by atoms with van der Waals surface area (Å²) in [4.78, 5) is 44.3. The molecule has 0 bridgehead atoms. The number of ether oxygens (including phenoxy) is 1. The molecule has 0 radical (unpaired) electrons. The molecule has 0 saturated carbocycles. The number of piperazine rings is 1. The summed E-state index contributed by atoms with van der Waals surface area (Å²) in [5, 5.41) is 3.68. The van der Waals surface area contributed by atoms with E-state index < -0.39 is 18.0 Å². The molecule has 1 aromatic heterocycles. The fourth-order valence-corrected chi connectivity index (χ4v) is 4.68. The topological polar surface area (TPSA) is 98.0 Å². The highest BCUT2D eigenvalue weighted by Crippen LogP contribution is 2.28. The summed E-state index contributed by atoms with van der Waals surface area (Å²) in [5.74, 6) is -0.742. The Bertz CT molecular complexity index is 1360. The van der Waals surface area contributed by atoms with Crippen molar-refractivity contribution in [3.05, 3.63) is 66.1 Å². The van der Waals surface area contributed by atoms with Gasteiger partial charge >= 0.3 is 6.09 Å². The average Bonchev–Trinajstić information content (AvgIpc) is 3.49. The molecule has 9 nitrogen and oxygen atoms in total. The molecule has 5 rings (SSSR count). The Kier molecular flexibility index (Phi) is 6.80. The van der Waals surface area contributed by atoms with Crippen LogP contribution in [0.25, 0.3) is 17.0 Å². The number of nitrogens with one attached hydrogen (secondary N) is 2. The molecular weight excluding hydrogens is 477 g/mol. The predicted octanol–water partition coefficient (Wildman–Crippen LogP) is 3.13. The Morgan fingerprint density at radius 1 is 1.16 bits per heavy atom. The first-order valence-corrected chi connectivity index (χ1v) is 12.2. The normalized spacial score (nSPS) is 18.1. The zero-order valence-electron chi connectivity index (χ0n) is 20.4. The van der Waals surface area contributed by atoms with E-state index in [1.54, 1.807) is 23.1 Å². The van der Waals surface area contributed by atoms with Gasteiger partial charge < -0.3 is 24.8 Å². The number of H-pyrrole nitrogens is 1. The highest BCUT2D eigenvalue weighted by molar-refractivity contribution is 5.96. The molecule has 37 heavy (non-hydrogen) atoms. The van der Waals surface area contributed by atoms with E-state index >= 15 is 4.39 Å². The molecule has 2 fully saturated rings. The van der Waals surface area contributed by atoms with Gasteiger partial charge in [-0.15, -0.1) is 0 Å². The van der Waals surface area contributed by atoms with Gasteiger partial charge in [-0.2, -0.15) is 0 Å². The third-order valence-electron chi connectivity index (χ3n) is 6.65. The minimum Gasteiger partial charge on any atom is -0.442 e. The van der Waals surface area contributed by atoms with E-state index in [1.807, 2.05) is 41.4 Å². The third kappa shape index (κ3) is 5.28. The molecule has 0 unspecified atom stereocenters. The number of hydrogen-bond donors (Lipinski definition) is 2. The van der Waals surface area contributed by atoms with Crippen LogP contribution in [0.15, 0.2) is 54.7 Å². The van der Waals surface area contributed by atoms with Crippen LogP contribution in [0.1, 0.15) is 12.5 Å². The van der Waals surface area contributed by atoms with Crippen LogP contribution in [0.3, 0.4) is 0 Å². The van der Waals surface area contributed by atoms with Gasteiger partial charge in [-0.25, -0.2) is 9.18 Å². The summed E-state index contributed by atoms with van der Waals surface area (Å²) < 4.78 is 20.3. The van der Waals surface area contributed by atoms with Crippen LogP contribution in [0.2, 0.25) is 0 Å². The smallest absolute Gasteiger partial charge is 0.414 e. The molecule has 2 aliphatic heterocycles. The minimum atomic E-state index is -0.574. The maximum absolute atomic E-state index is 15.1. The van der Waals surface area contributed by atoms with Crippen molar-refractivity contribution in [3.8, 4) is 0 Å². The van der Waals surface area contributed by atoms with Crippen molar-refractivity contribution in [2.75, 3.05) is 49.1 Å². The standard InChI is InChI=1S/C27H28FN5O4/c1-18(34)29-16-21-17-33(27(36)37-21)20-7-8-25(23(28)14-20)31-10-12-32(13-11-31)26(35)9-6-19-15-30-24-5-3-2-4-22(19)24/h2-9,14-15,21,30H,10-13,16-17H2,1H3,(H,29,34)/t21-/m0/s1. The Morgan fingerprint density at radius 3 is 2.70 bits per heavy atom. The molecule has 3 heterocycles. The lowest BCUT2D eigenvalue weighted by Gasteiger charge is -2.36. The van der Waals surface area contributed by atoms with Crippen LogP contribution in [-0.2, 0) is 14.3 Å². The van der Waals surface area contributed by atoms with Gasteiger partial charge in [0.15, 0.2) is 0 Å². The fraction of sp³-hybridized carbons (Fsp3) is 0.296. The zero-order chi connectivity index (χ0) is 25.9. The second kappa shape index (κ2) is 10.3. The Balaban J connectivity index is 1.17. The number of nitrogens with zero attached hydrogens (tertiary/aromatic N) is 3. The highest BCUT2D eigenvalue weighted by atomic mass is 19.1. The van der Waals surface area contributed by atoms with Crippen molar-refractivity contribution in [1.82, 2.24) is 15.2 Å². The molecule has 3 amide bonds. The van der Waals surface area contributed by atoms with Gasteiger partial charge in [0.05, 0.1) is 24.5 Å². The maximum Gasteiger partial charge on any atom is 0.414 e. The van der Waals surface area contributed by atoms with Crippen LogP contribution in [0, 0.1) is 5.82 Å². The van der Waals surface area contributed by atoms with E-state index in [-0.39, 0.29) is 24.9 Å². The third-order valence-corrected chi connectivity index (χ3v) is 6.65. The fourth-order valence-electron chi connectivity index (χ4n) is 4.68. The van der Waals surface area contributed by atoms with E-state index in [0.29, 0.717) is 37.6 Å². The van der Waals surface area contributed by atoms with Gasteiger partial charge in [-0.05, 0) is 35.9 Å². The van der Waals surface area contributed by atoms with E-state index in [4.69, 9.17) is 4.74 Å². The van der Waals surface area contributed by atoms with Crippen molar-refractivity contribution >= 4 is 46.3 Å². The molecule has 0 aliphatic carbocycles. The van der Waals surface area contributed by atoms with Crippen LogP contribution in [0.5, 0.6) is 0 Å². The lowest BCUT2D eigenvalue weighted by Crippen LogP contribution is -2.48. The number of carbonyl (C=O) groups is 3. The van der Waals surface area contributed by atoms with Gasteiger partial charge in [-0.1, -0.05) is 18.2 Å². The monoisotopic (exact) mass is 505 g/mol. The second-order valence-electron chi connectivity index (χ2n) is 9.12. The van der Waals surface area contributed by atoms with Gasteiger partial charge in [0, 0.05) is 56.3 Å². The summed E-state index contributed by atoms with van der Waals surface area (Å²) >= 11 is 0. The zero-order valence-corrected chi connectivity index (χ0v) is 20.4. The number of aromatic amines is 1. The molecule has 2 saturated heterocycles. The molecule has 0 spiro atoms. The summed E-state index contributed by atoms with van der Waals surface area (Å²) in [5.41, 5.74) is 2.79. The van der Waals surface area contributed by atoms with Crippen molar-refractivity contribution in [1.29, 1.82) is 0 Å². The summed E-state index contributed by atoms with van der Waals surface area (Å²) in [6, 6.07) is 12.6. The van der Waals surface area contributed by atoms with Crippen molar-refractivity contribution in [2.45, 2.75) is 13.0 Å². The van der Waals surface area contributed by atoms with Crippen molar-refractivity contribution in [2.24, 2.45) is 0 Å². The number of rotatable bonds is 6. The number of anilines is 2. The van der Waals surface area contributed by atoms with Gasteiger partial charge in [0.25, 0.3) is 0 Å². The molecule has 2 aromatic carbocycles. The van der Waals surface area contributed by atoms with Crippen molar-refractivity contribution in [3.63, 3.8) is 0 Å². The first-order valence-electron chi connectivity index (χ1n) is 12.2. The van der Waals surface area contributed by atoms with E-state index in [1.165, 1.54) is 17.9 Å². The lowest BCUT2D eigenvalue weighted by molar-refractivity contribution is -0.126. The second-order valence-corrected chi connectivity index (χ2v) is 9.12. The quantitative estimate of drug-likeness (QED) is 0.502. The summed E-state index contributed by atoms with van der Waals surface area (Å²) in [6.07, 6.45) is 4.21. The Labute approximate surface area is 213 Å². The van der Waals surface area contributed by atoms with Gasteiger partial charge in [-0.3, -0.25) is 14.5 Å². The van der Waals surface area contributed by atoms with Crippen LogP contribution >= 0.6 is 0 Å². The molecule has 2 aliphatic rings. The SMILES string of the molecule is CC(=O)NC[C@H]1CN(c2ccc(N3CCN(C(=O)C=Cc4c[nH]c5ccccc45)CC3)c(F)c2)C(=O)O1. The molecule has 1 atom stereocenters. The van der Waals surface area contributed by atoms with Crippen LogP contribution in [0.4, 0.5) is 20.6 Å². The molecule has 10 heteroatoms. The Morgan fingerprint density at radius 2 is 1.95 bits per heavy atom. The first-order chi connectivity index (χ1) is 17.9. The molecule has 3 aromatic rings. The minimum absolute atomic E-state index is 0.0814. The number of carbonyl (C=O) groups excluding carboxylic acids is 3. The number of fused-ring (bicyclic) bond motifs is 1. The Hall–Kier alpha value is -4.34. The molecule has 192 valence electrons. The highest BCUT2D eigenvalue weighted by Gasteiger charge is 2.33. The predicted molar refractivity (Wildman–Crippen MR) is 139 cm³/mol. The van der Waals surface area contributed by atoms with Crippen LogP contribution < -0.4 is 15.1 Å². The van der Waals surface area contributed by atoms with Gasteiger partial charge in [0.1, 0.15) is 11.9 Å². The number of amides is 3. The number of cyclic esters (lactones) is 1. The van der Waals surface area contributed by atoms with Crippen LogP contribution in [-0.4, -0.2) is 73.2 Å². The number of hydrogen-bond acceptors (Lipinski definition) is 5. The average molecular weight is 506 g/mol. The maximum atomic E-state index is 15.1. The summed E-state index contributed by atoms with van der Waals surface area (Å²) in [6.45, 7) is 3.76. The summed E-state index contributed by atoms with van der Waals surface area (Å²) in [7, 11) is 0. The lowest BCUT2D eigenvalue weighted by atomic mass is 10.1. The number of para-hydroxylation sites is 1. The first kappa shape index (κ1) is 24.4. The van der Waals surface area contributed by atoms with E-state index in [0.717, 1.165) is 16.5 Å². The van der Waals surface area contributed by atoms with E-state index in [2.05, 4.69) is 10.3 Å².